The maximum Gasteiger partial charge on any atom is 0.0786 e. The van der Waals surface area contributed by atoms with E-state index in [2.05, 4.69) is 41.5 Å². The molecule has 0 aromatic heterocycles. The van der Waals surface area contributed by atoms with Crippen LogP contribution in [0, 0.1) is 0 Å². The van der Waals surface area contributed by atoms with Crippen molar-refractivity contribution in [1.29, 1.82) is 0 Å². The van der Waals surface area contributed by atoms with Gasteiger partial charge in [0.2, 0.25) is 0 Å². The smallest absolute Gasteiger partial charge is 0.0786 e. The van der Waals surface area contributed by atoms with Gasteiger partial charge in [-0.1, -0.05) is 20.8 Å². The van der Waals surface area contributed by atoms with Crippen molar-refractivity contribution in [2.45, 2.75) is 80.1 Å². The van der Waals surface area contributed by atoms with Crippen molar-refractivity contribution in [1.82, 2.24) is 0 Å². The number of rotatable bonds is 15. The zero-order chi connectivity index (χ0) is 16.9. The SMILES string of the molecule is CCC[N+](CCC)(CCC)CCCCC[N+](CC)(CC)CC. The van der Waals surface area contributed by atoms with E-state index in [4.69, 9.17) is 0 Å². The number of quaternary nitrogens is 2. The predicted octanol–water partition coefficient (Wildman–Crippen LogP) is 5.08. The Balaban J connectivity index is 4.27. The second-order valence-electron chi connectivity index (χ2n) is 7.31. The molecule has 0 radical (unpaired) electrons. The molecule has 0 amide bonds. The third-order valence-electron chi connectivity index (χ3n) is 5.87. The summed E-state index contributed by atoms with van der Waals surface area (Å²) in [4.78, 5) is 0. The molecule has 0 saturated heterocycles. The molecular weight excluding hydrogens is 268 g/mol. The highest BCUT2D eigenvalue weighted by atomic mass is 15.3. The van der Waals surface area contributed by atoms with Gasteiger partial charge in [-0.15, -0.1) is 0 Å². The molecule has 2 heteroatoms. The minimum absolute atomic E-state index is 1.30. The molecule has 0 aliphatic carbocycles. The summed E-state index contributed by atoms with van der Waals surface area (Å²) in [5, 5.41) is 0. The van der Waals surface area contributed by atoms with Crippen LogP contribution in [0.2, 0.25) is 0 Å². The molecule has 0 aliphatic rings. The molecule has 134 valence electrons. The van der Waals surface area contributed by atoms with E-state index in [1.165, 1.54) is 99.8 Å². The Morgan fingerprint density at radius 3 is 1.09 bits per heavy atom. The Kier molecular flexibility index (Phi) is 12.3. The average molecular weight is 315 g/mol. The van der Waals surface area contributed by atoms with Crippen molar-refractivity contribution >= 4 is 0 Å². The van der Waals surface area contributed by atoms with Crippen molar-refractivity contribution in [2.75, 3.05) is 52.4 Å². The summed E-state index contributed by atoms with van der Waals surface area (Å²) >= 11 is 0. The van der Waals surface area contributed by atoms with Crippen LogP contribution in [-0.4, -0.2) is 61.3 Å². The van der Waals surface area contributed by atoms with Crippen LogP contribution in [0.15, 0.2) is 0 Å². The van der Waals surface area contributed by atoms with Gasteiger partial charge in [0, 0.05) is 0 Å². The minimum atomic E-state index is 1.30. The van der Waals surface area contributed by atoms with Gasteiger partial charge < -0.3 is 8.97 Å². The summed E-state index contributed by atoms with van der Waals surface area (Å²) in [7, 11) is 0. The number of hydrogen-bond donors (Lipinski definition) is 0. The Morgan fingerprint density at radius 1 is 0.409 bits per heavy atom. The number of nitrogens with zero attached hydrogens (tertiary/aromatic N) is 2. The lowest BCUT2D eigenvalue weighted by atomic mass is 10.1. The van der Waals surface area contributed by atoms with Gasteiger partial charge in [-0.25, -0.2) is 0 Å². The van der Waals surface area contributed by atoms with Crippen LogP contribution in [0.4, 0.5) is 0 Å². The molecule has 0 aromatic rings. The van der Waals surface area contributed by atoms with E-state index < -0.39 is 0 Å². The van der Waals surface area contributed by atoms with Gasteiger partial charge in [-0.3, -0.25) is 0 Å². The maximum absolute atomic E-state index is 2.36. The van der Waals surface area contributed by atoms with E-state index in [0.717, 1.165) is 0 Å². The first-order valence-corrected chi connectivity index (χ1v) is 10.3. The minimum Gasteiger partial charge on any atom is -0.324 e. The Morgan fingerprint density at radius 2 is 0.773 bits per heavy atom. The molecule has 22 heavy (non-hydrogen) atoms. The molecule has 0 atom stereocenters. The van der Waals surface area contributed by atoms with E-state index in [0.29, 0.717) is 0 Å². The van der Waals surface area contributed by atoms with Gasteiger partial charge in [0.1, 0.15) is 0 Å². The highest BCUT2D eigenvalue weighted by molar-refractivity contribution is 4.49. The fraction of sp³-hybridized carbons (Fsp3) is 1.00. The van der Waals surface area contributed by atoms with Gasteiger partial charge in [0.15, 0.2) is 0 Å². The van der Waals surface area contributed by atoms with Gasteiger partial charge >= 0.3 is 0 Å². The largest absolute Gasteiger partial charge is 0.324 e. The van der Waals surface area contributed by atoms with Gasteiger partial charge in [0.25, 0.3) is 0 Å². The fourth-order valence-corrected chi connectivity index (χ4v) is 4.31. The summed E-state index contributed by atoms with van der Waals surface area (Å²) in [5.74, 6) is 0. The highest BCUT2D eigenvalue weighted by Crippen LogP contribution is 2.16. The number of unbranched alkanes of at least 4 members (excludes halogenated alkanes) is 2. The van der Waals surface area contributed by atoms with Gasteiger partial charge in [-0.2, -0.15) is 0 Å². The van der Waals surface area contributed by atoms with Crippen LogP contribution in [0.3, 0.4) is 0 Å². The normalized spacial score (nSPS) is 12.8. The topological polar surface area (TPSA) is 0 Å². The molecule has 0 unspecified atom stereocenters. The summed E-state index contributed by atoms with van der Waals surface area (Å²) in [6, 6.07) is 0. The van der Waals surface area contributed by atoms with E-state index in [1.54, 1.807) is 0 Å². The van der Waals surface area contributed by atoms with E-state index >= 15 is 0 Å². The molecule has 0 aromatic carbocycles. The van der Waals surface area contributed by atoms with Crippen LogP contribution in [0.5, 0.6) is 0 Å². The molecule has 0 aliphatic heterocycles. The zero-order valence-electron chi connectivity index (χ0n) is 16.8. The lowest BCUT2D eigenvalue weighted by molar-refractivity contribution is -0.929. The monoisotopic (exact) mass is 314 g/mol. The first kappa shape index (κ1) is 21.9. The molecule has 0 heterocycles. The lowest BCUT2D eigenvalue weighted by Crippen LogP contribution is -2.50. The Hall–Kier alpha value is -0.0800. The first-order valence-electron chi connectivity index (χ1n) is 10.3. The molecule has 0 N–H and O–H groups in total. The fourth-order valence-electron chi connectivity index (χ4n) is 4.31. The van der Waals surface area contributed by atoms with Gasteiger partial charge in [-0.05, 0) is 59.3 Å². The third-order valence-corrected chi connectivity index (χ3v) is 5.87. The maximum atomic E-state index is 2.36. The second kappa shape index (κ2) is 12.4. The quantitative estimate of drug-likeness (QED) is 0.292. The van der Waals surface area contributed by atoms with Gasteiger partial charge in [0.05, 0.1) is 52.4 Å². The van der Waals surface area contributed by atoms with Crippen LogP contribution < -0.4 is 0 Å². The highest BCUT2D eigenvalue weighted by Gasteiger charge is 2.24. The number of hydrogen-bond acceptors (Lipinski definition) is 0. The van der Waals surface area contributed by atoms with Crippen LogP contribution in [0.1, 0.15) is 80.1 Å². The third kappa shape index (κ3) is 7.46. The summed E-state index contributed by atoms with van der Waals surface area (Å²) in [6.07, 6.45) is 8.28. The van der Waals surface area contributed by atoms with Crippen LogP contribution in [0.25, 0.3) is 0 Å². The van der Waals surface area contributed by atoms with Crippen molar-refractivity contribution in [2.24, 2.45) is 0 Å². The molecule has 0 rings (SSSR count). The molecule has 0 fully saturated rings. The molecule has 2 nitrogen and oxygen atoms in total. The Bertz CT molecular complexity index is 221. The van der Waals surface area contributed by atoms with Crippen molar-refractivity contribution < 1.29 is 8.97 Å². The molecule has 0 saturated carbocycles. The van der Waals surface area contributed by atoms with E-state index in [9.17, 15) is 0 Å². The van der Waals surface area contributed by atoms with Crippen molar-refractivity contribution in [3.8, 4) is 0 Å². The van der Waals surface area contributed by atoms with E-state index in [1.807, 2.05) is 0 Å². The Labute approximate surface area is 142 Å². The summed E-state index contributed by atoms with van der Waals surface area (Å²) in [5.41, 5.74) is 0. The summed E-state index contributed by atoms with van der Waals surface area (Å²) in [6.45, 7) is 25.0. The van der Waals surface area contributed by atoms with Crippen molar-refractivity contribution in [3.05, 3.63) is 0 Å². The lowest BCUT2D eigenvalue weighted by Gasteiger charge is -2.39. The molecule has 0 spiro atoms. The molecular formula is C20H46N2+2. The standard InChI is InChI=1S/C20H46N2/c1-7-16-22(17-8-2,18-9-3)20-15-13-14-19-21(10-4,11-5)12-6/h7-20H2,1-6H3/q+2. The predicted molar refractivity (Wildman–Crippen MR) is 101 cm³/mol. The first-order chi connectivity index (χ1) is 10.6. The summed E-state index contributed by atoms with van der Waals surface area (Å²) < 4.78 is 2.71. The van der Waals surface area contributed by atoms with Crippen LogP contribution in [-0.2, 0) is 0 Å². The van der Waals surface area contributed by atoms with E-state index in [-0.39, 0.29) is 0 Å². The zero-order valence-corrected chi connectivity index (χ0v) is 16.8. The average Bonchev–Trinajstić information content (AvgIpc) is 2.52. The second-order valence-corrected chi connectivity index (χ2v) is 7.31. The van der Waals surface area contributed by atoms with Crippen LogP contribution >= 0.6 is 0 Å². The van der Waals surface area contributed by atoms with Crippen molar-refractivity contribution in [3.63, 3.8) is 0 Å². The molecule has 0 bridgehead atoms.